The molecule has 168 valence electrons. The van der Waals surface area contributed by atoms with Crippen LogP contribution in [0, 0.1) is 17.5 Å². The van der Waals surface area contributed by atoms with Gasteiger partial charge in [0.05, 0.1) is 12.6 Å². The largest absolute Gasteiger partial charge is 0.503 e. The number of nitrogens with zero attached hydrogens (tertiary/aromatic N) is 2. The summed E-state index contributed by atoms with van der Waals surface area (Å²) in [5.74, 6) is -5.93. The molecular weight excluding hydrogens is 431 g/mol. The number of rotatable bonds is 3. The van der Waals surface area contributed by atoms with Crippen molar-refractivity contribution >= 4 is 11.8 Å². The zero-order valence-electron chi connectivity index (χ0n) is 16.6. The summed E-state index contributed by atoms with van der Waals surface area (Å²) in [6, 6.07) is 0.912. The van der Waals surface area contributed by atoms with Gasteiger partial charge in [-0.1, -0.05) is 0 Å². The lowest BCUT2D eigenvalue weighted by Crippen LogP contribution is -2.57. The molecule has 8 nitrogen and oxygen atoms in total. The molecule has 1 aromatic heterocycles. The van der Waals surface area contributed by atoms with Gasteiger partial charge in [-0.2, -0.15) is 0 Å². The third-order valence-electron chi connectivity index (χ3n) is 6.23. The van der Waals surface area contributed by atoms with Crippen molar-refractivity contribution < 1.29 is 32.6 Å². The van der Waals surface area contributed by atoms with Crippen LogP contribution in [0.1, 0.15) is 45.7 Å². The first-order valence-electron chi connectivity index (χ1n) is 10.1. The highest BCUT2D eigenvalue weighted by Crippen LogP contribution is 2.38. The summed E-state index contributed by atoms with van der Waals surface area (Å²) in [4.78, 5) is 39.7. The van der Waals surface area contributed by atoms with Crippen molar-refractivity contribution in [1.82, 2.24) is 14.8 Å². The van der Waals surface area contributed by atoms with Crippen LogP contribution in [-0.2, 0) is 17.8 Å². The van der Waals surface area contributed by atoms with E-state index in [9.17, 15) is 32.7 Å². The predicted octanol–water partition coefficient (Wildman–Crippen LogP) is 1.63. The highest BCUT2D eigenvalue weighted by molar-refractivity contribution is 5.99. The molecule has 2 N–H and O–H groups in total. The fourth-order valence-electron chi connectivity index (χ4n) is 4.72. The van der Waals surface area contributed by atoms with Crippen LogP contribution in [0.3, 0.4) is 0 Å². The Kier molecular flexibility index (Phi) is 4.73. The summed E-state index contributed by atoms with van der Waals surface area (Å²) in [7, 11) is 0. The molecule has 2 fully saturated rings. The molecule has 1 aliphatic carbocycles. The number of fused-ring (bicyclic) bond motifs is 5. The average molecular weight is 449 g/mol. The molecule has 11 heteroatoms. The molecule has 2 amide bonds. The summed E-state index contributed by atoms with van der Waals surface area (Å²) >= 11 is 0. The number of pyridine rings is 1. The molecular formula is C21H18F3N3O5. The third-order valence-corrected chi connectivity index (χ3v) is 6.23. The summed E-state index contributed by atoms with van der Waals surface area (Å²) in [5, 5.41) is 12.6. The van der Waals surface area contributed by atoms with Crippen molar-refractivity contribution in [2.24, 2.45) is 0 Å². The van der Waals surface area contributed by atoms with Gasteiger partial charge >= 0.3 is 0 Å². The van der Waals surface area contributed by atoms with E-state index in [0.717, 1.165) is 19.0 Å². The molecule has 1 saturated heterocycles. The van der Waals surface area contributed by atoms with Crippen LogP contribution in [0.5, 0.6) is 5.75 Å². The Morgan fingerprint density at radius 1 is 1.19 bits per heavy atom. The second-order valence-corrected chi connectivity index (χ2v) is 8.14. The Bertz CT molecular complexity index is 1190. The maximum absolute atomic E-state index is 13.8. The average Bonchev–Trinajstić information content (AvgIpc) is 3.10. The fourth-order valence-corrected chi connectivity index (χ4v) is 4.72. The zero-order chi connectivity index (χ0) is 22.7. The van der Waals surface area contributed by atoms with Crippen LogP contribution in [0.4, 0.5) is 13.2 Å². The van der Waals surface area contributed by atoms with Gasteiger partial charge < -0.3 is 24.6 Å². The van der Waals surface area contributed by atoms with E-state index in [-0.39, 0.29) is 24.4 Å². The number of hydrogen-bond acceptors (Lipinski definition) is 5. The van der Waals surface area contributed by atoms with E-state index in [0.29, 0.717) is 18.6 Å². The Balaban J connectivity index is 1.44. The van der Waals surface area contributed by atoms with E-state index in [1.807, 2.05) is 0 Å². The SMILES string of the molecule is O=C(NCc1c(F)cc(F)cc1F)c1cn2c(c(O)c1=O)C(=O)N1[C@@H]3CC[C@H](C3)O[C@@H]1C2. The highest BCUT2D eigenvalue weighted by Gasteiger charge is 2.47. The number of aromatic hydroxyl groups is 1. The number of ether oxygens (including phenoxy) is 1. The standard InChI is InChI=1S/C21H18F3N3O5/c22-9-3-14(23)12(15(24)4-9)6-25-20(30)13-7-26-8-16-27(10-1-2-11(5-10)32-16)21(31)17(26)19(29)18(13)28/h3-4,7,10-11,16,29H,1-2,5-6,8H2,(H,25,30)/t10-,11-,16-/m1/s1. The lowest BCUT2D eigenvalue weighted by atomic mass is 10.1. The minimum Gasteiger partial charge on any atom is -0.503 e. The quantitative estimate of drug-likeness (QED) is 0.742. The first-order valence-corrected chi connectivity index (χ1v) is 10.1. The van der Waals surface area contributed by atoms with Crippen molar-refractivity contribution in [3.63, 3.8) is 0 Å². The number of aromatic nitrogens is 1. The number of amides is 2. The lowest BCUT2D eigenvalue weighted by Gasteiger charge is -2.44. The Morgan fingerprint density at radius 3 is 2.62 bits per heavy atom. The summed E-state index contributed by atoms with van der Waals surface area (Å²) in [5.41, 5.74) is -2.40. The van der Waals surface area contributed by atoms with Crippen LogP contribution in [0.15, 0.2) is 23.1 Å². The number of hydrogen-bond donors (Lipinski definition) is 2. The molecule has 3 atom stereocenters. The number of carbonyl (C=O) groups excluding carboxylic acids is 2. The molecule has 1 aromatic carbocycles. The van der Waals surface area contributed by atoms with Gasteiger partial charge in [0.25, 0.3) is 11.8 Å². The zero-order valence-corrected chi connectivity index (χ0v) is 16.6. The van der Waals surface area contributed by atoms with Gasteiger partial charge in [0.15, 0.2) is 17.7 Å². The van der Waals surface area contributed by atoms with Crippen LogP contribution in [-0.4, -0.2) is 44.8 Å². The molecule has 3 aliphatic rings. The topological polar surface area (TPSA) is 101 Å². The maximum atomic E-state index is 13.8. The monoisotopic (exact) mass is 449 g/mol. The number of nitrogens with one attached hydrogen (secondary N) is 1. The van der Waals surface area contributed by atoms with Gasteiger partial charge in [-0.3, -0.25) is 14.4 Å². The molecule has 32 heavy (non-hydrogen) atoms. The Hall–Kier alpha value is -3.34. The van der Waals surface area contributed by atoms with Crippen LogP contribution in [0.25, 0.3) is 0 Å². The smallest absolute Gasteiger partial charge is 0.276 e. The Labute approximate surface area is 179 Å². The second kappa shape index (κ2) is 7.37. The van der Waals surface area contributed by atoms with Gasteiger partial charge in [-0.25, -0.2) is 13.2 Å². The van der Waals surface area contributed by atoms with E-state index < -0.39 is 64.3 Å². The maximum Gasteiger partial charge on any atom is 0.276 e. The van der Waals surface area contributed by atoms with Gasteiger partial charge in [0, 0.05) is 36.5 Å². The second-order valence-electron chi connectivity index (χ2n) is 8.14. The minimum absolute atomic E-state index is 0.0296. The van der Waals surface area contributed by atoms with E-state index in [1.165, 1.54) is 9.47 Å². The number of benzene rings is 1. The van der Waals surface area contributed by atoms with E-state index >= 15 is 0 Å². The fraction of sp³-hybridized carbons (Fsp3) is 0.381. The molecule has 3 heterocycles. The van der Waals surface area contributed by atoms with Crippen molar-refractivity contribution in [2.75, 3.05) is 0 Å². The first kappa shape index (κ1) is 20.6. The van der Waals surface area contributed by atoms with E-state index in [4.69, 9.17) is 4.74 Å². The summed E-state index contributed by atoms with van der Waals surface area (Å²) in [6.45, 7) is -0.538. The Morgan fingerprint density at radius 2 is 1.91 bits per heavy atom. The minimum atomic E-state index is -1.19. The molecule has 5 rings (SSSR count). The van der Waals surface area contributed by atoms with Crippen molar-refractivity contribution in [3.05, 3.63) is 62.8 Å². The summed E-state index contributed by atoms with van der Waals surface area (Å²) < 4.78 is 47.9. The molecule has 2 aromatic rings. The summed E-state index contributed by atoms with van der Waals surface area (Å²) in [6.07, 6.45) is 2.86. The molecule has 2 bridgehead atoms. The van der Waals surface area contributed by atoms with Crippen LogP contribution < -0.4 is 10.7 Å². The molecule has 0 spiro atoms. The molecule has 1 saturated carbocycles. The first-order chi connectivity index (χ1) is 15.2. The van der Waals surface area contributed by atoms with Gasteiger partial charge in [-0.05, 0) is 19.3 Å². The molecule has 0 radical (unpaired) electrons. The lowest BCUT2D eigenvalue weighted by molar-refractivity contribution is -0.132. The van der Waals surface area contributed by atoms with Gasteiger partial charge in [0.1, 0.15) is 23.0 Å². The van der Waals surface area contributed by atoms with Gasteiger partial charge in [-0.15, -0.1) is 0 Å². The normalized spacial score (nSPS) is 23.7. The third kappa shape index (κ3) is 3.15. The predicted molar refractivity (Wildman–Crippen MR) is 102 cm³/mol. The van der Waals surface area contributed by atoms with Gasteiger partial charge in [0.2, 0.25) is 5.43 Å². The van der Waals surface area contributed by atoms with E-state index in [2.05, 4.69) is 5.32 Å². The highest BCUT2D eigenvalue weighted by atomic mass is 19.1. The number of carbonyl (C=O) groups is 2. The van der Waals surface area contributed by atoms with Crippen LogP contribution in [0.2, 0.25) is 0 Å². The molecule has 2 aliphatic heterocycles. The van der Waals surface area contributed by atoms with Crippen molar-refractivity contribution in [2.45, 2.75) is 50.7 Å². The van der Waals surface area contributed by atoms with Crippen molar-refractivity contribution in [3.8, 4) is 5.75 Å². The van der Waals surface area contributed by atoms with Crippen LogP contribution >= 0.6 is 0 Å². The molecule has 0 unspecified atom stereocenters. The van der Waals surface area contributed by atoms with E-state index in [1.54, 1.807) is 0 Å². The number of halogens is 3. The van der Waals surface area contributed by atoms with Crippen molar-refractivity contribution in [1.29, 1.82) is 0 Å².